The molecule has 0 aliphatic heterocycles. The summed E-state index contributed by atoms with van der Waals surface area (Å²) in [6, 6.07) is 11.5. The molecule has 0 saturated carbocycles. The molecule has 7 nitrogen and oxygen atoms in total. The minimum atomic E-state index is -0.560. The number of nitrogens with one attached hydrogen (secondary N) is 1. The van der Waals surface area contributed by atoms with Crippen molar-refractivity contribution in [3.8, 4) is 5.75 Å². The Morgan fingerprint density at radius 2 is 2.12 bits per heavy atom. The van der Waals surface area contributed by atoms with Gasteiger partial charge in [0.2, 0.25) is 0 Å². The largest absolute Gasteiger partial charge is 0.477 e. The van der Waals surface area contributed by atoms with E-state index in [9.17, 15) is 14.9 Å². The third-order valence-electron chi connectivity index (χ3n) is 2.97. The molecule has 0 fully saturated rings. The van der Waals surface area contributed by atoms with E-state index in [1.54, 1.807) is 37.3 Å². The monoisotopic (exact) mass is 347 g/mol. The number of aryl methyl sites for hydroxylation is 1. The number of nitro groups is 1. The molecule has 0 heterocycles. The van der Waals surface area contributed by atoms with Crippen molar-refractivity contribution in [2.24, 2.45) is 5.10 Å². The predicted octanol–water partition coefficient (Wildman–Crippen LogP) is 3.09. The van der Waals surface area contributed by atoms with Gasteiger partial charge in [0.25, 0.3) is 5.91 Å². The Labute approximate surface area is 143 Å². The van der Waals surface area contributed by atoms with E-state index in [1.165, 1.54) is 18.3 Å². The summed E-state index contributed by atoms with van der Waals surface area (Å²) in [5.74, 6) is -0.524. The summed E-state index contributed by atoms with van der Waals surface area (Å²) in [7, 11) is 0. The van der Waals surface area contributed by atoms with Gasteiger partial charge in [-0.25, -0.2) is 5.43 Å². The lowest BCUT2D eigenvalue weighted by atomic mass is 10.2. The fraction of sp³-hybridized carbons (Fsp3) is 0.125. The van der Waals surface area contributed by atoms with E-state index in [-0.39, 0.29) is 11.4 Å². The Hall–Kier alpha value is -2.93. The smallest absolute Gasteiger partial charge is 0.311 e. The van der Waals surface area contributed by atoms with E-state index < -0.39 is 17.4 Å². The zero-order chi connectivity index (χ0) is 17.5. The van der Waals surface area contributed by atoms with Crippen molar-refractivity contribution in [3.05, 3.63) is 68.7 Å². The Kier molecular flexibility index (Phi) is 5.86. The van der Waals surface area contributed by atoms with Crippen LogP contribution in [-0.4, -0.2) is 23.7 Å². The number of carbonyl (C=O) groups excluding carboxylic acids is 1. The fourth-order valence-electron chi connectivity index (χ4n) is 1.82. The van der Waals surface area contributed by atoms with Gasteiger partial charge in [-0.2, -0.15) is 5.10 Å². The molecule has 0 radical (unpaired) electrons. The van der Waals surface area contributed by atoms with Crippen molar-refractivity contribution in [1.82, 2.24) is 5.43 Å². The zero-order valence-corrected chi connectivity index (χ0v) is 13.5. The number of hydrazone groups is 1. The van der Waals surface area contributed by atoms with Gasteiger partial charge in [0.1, 0.15) is 0 Å². The molecule has 2 rings (SSSR count). The highest BCUT2D eigenvalue weighted by molar-refractivity contribution is 6.33. The molecular weight excluding hydrogens is 334 g/mol. The number of halogens is 1. The van der Waals surface area contributed by atoms with Crippen LogP contribution in [0.15, 0.2) is 47.6 Å². The molecule has 1 N–H and O–H groups in total. The summed E-state index contributed by atoms with van der Waals surface area (Å²) in [5.41, 5.74) is 3.45. The van der Waals surface area contributed by atoms with Gasteiger partial charge < -0.3 is 4.74 Å². The first-order chi connectivity index (χ1) is 11.5. The number of nitrogens with zero attached hydrogens (tertiary/aromatic N) is 2. The van der Waals surface area contributed by atoms with Crippen LogP contribution in [0.5, 0.6) is 5.75 Å². The fourth-order valence-corrected chi connectivity index (χ4v) is 2.01. The number of nitro benzene ring substituents is 1. The molecule has 2 aromatic rings. The van der Waals surface area contributed by atoms with Gasteiger partial charge in [0.05, 0.1) is 11.1 Å². The molecule has 0 unspecified atom stereocenters. The highest BCUT2D eigenvalue weighted by Crippen LogP contribution is 2.27. The van der Waals surface area contributed by atoms with Crippen LogP contribution < -0.4 is 10.2 Å². The van der Waals surface area contributed by atoms with Gasteiger partial charge >= 0.3 is 5.69 Å². The Morgan fingerprint density at radius 1 is 1.38 bits per heavy atom. The topological polar surface area (TPSA) is 93.8 Å². The van der Waals surface area contributed by atoms with E-state index in [0.29, 0.717) is 10.6 Å². The lowest BCUT2D eigenvalue weighted by Gasteiger charge is -2.06. The second kappa shape index (κ2) is 8.07. The Morgan fingerprint density at radius 3 is 2.83 bits per heavy atom. The van der Waals surface area contributed by atoms with Crippen LogP contribution in [0.3, 0.4) is 0 Å². The summed E-state index contributed by atoms with van der Waals surface area (Å²) in [4.78, 5) is 22.1. The van der Waals surface area contributed by atoms with Gasteiger partial charge in [-0.15, -0.1) is 0 Å². The number of hydrogen-bond acceptors (Lipinski definition) is 5. The molecule has 0 saturated heterocycles. The standard InChI is InChI=1S/C16H14ClN3O4/c1-11-6-7-15(14(8-11)20(22)23)24-10-16(21)19-18-9-12-4-2-3-5-13(12)17/h2-9H,10H2,1H3,(H,19,21)/b18-9+. The molecule has 2 aromatic carbocycles. The van der Waals surface area contributed by atoms with Gasteiger partial charge in [-0.05, 0) is 24.6 Å². The van der Waals surface area contributed by atoms with E-state index in [4.69, 9.17) is 16.3 Å². The van der Waals surface area contributed by atoms with E-state index in [2.05, 4.69) is 10.5 Å². The summed E-state index contributed by atoms with van der Waals surface area (Å²) >= 11 is 5.95. The maximum atomic E-state index is 11.7. The molecule has 0 spiro atoms. The van der Waals surface area contributed by atoms with Crippen LogP contribution >= 0.6 is 11.6 Å². The van der Waals surface area contributed by atoms with Crippen LogP contribution in [0.2, 0.25) is 5.02 Å². The average Bonchev–Trinajstić information content (AvgIpc) is 2.55. The normalized spacial score (nSPS) is 10.6. The molecule has 24 heavy (non-hydrogen) atoms. The first kappa shape index (κ1) is 17.4. The molecule has 8 heteroatoms. The first-order valence-electron chi connectivity index (χ1n) is 6.91. The summed E-state index contributed by atoms with van der Waals surface area (Å²) in [6.07, 6.45) is 1.40. The van der Waals surface area contributed by atoms with E-state index in [0.717, 1.165) is 5.56 Å². The molecule has 0 aliphatic rings. The quantitative estimate of drug-likeness (QED) is 0.493. The highest BCUT2D eigenvalue weighted by Gasteiger charge is 2.16. The number of amides is 1. The number of benzene rings is 2. The lowest BCUT2D eigenvalue weighted by Crippen LogP contribution is -2.24. The number of hydrogen-bond donors (Lipinski definition) is 1. The molecule has 0 atom stereocenters. The number of rotatable bonds is 6. The zero-order valence-electron chi connectivity index (χ0n) is 12.7. The molecule has 124 valence electrons. The molecule has 0 aromatic heterocycles. The average molecular weight is 348 g/mol. The Balaban J connectivity index is 1.92. The molecule has 1 amide bonds. The van der Waals surface area contributed by atoms with Crippen LogP contribution in [0.25, 0.3) is 0 Å². The van der Waals surface area contributed by atoms with E-state index >= 15 is 0 Å². The van der Waals surface area contributed by atoms with Gasteiger partial charge in [-0.3, -0.25) is 14.9 Å². The second-order valence-electron chi connectivity index (χ2n) is 4.83. The van der Waals surface area contributed by atoms with Crippen LogP contribution in [0, 0.1) is 17.0 Å². The van der Waals surface area contributed by atoms with Crippen LogP contribution in [0.4, 0.5) is 5.69 Å². The predicted molar refractivity (Wildman–Crippen MR) is 90.5 cm³/mol. The van der Waals surface area contributed by atoms with Crippen molar-refractivity contribution in [3.63, 3.8) is 0 Å². The number of carbonyl (C=O) groups is 1. The Bertz CT molecular complexity index is 793. The van der Waals surface area contributed by atoms with Crippen molar-refractivity contribution < 1.29 is 14.5 Å². The third-order valence-corrected chi connectivity index (χ3v) is 3.31. The van der Waals surface area contributed by atoms with E-state index in [1.807, 2.05) is 0 Å². The molecule has 0 aliphatic carbocycles. The van der Waals surface area contributed by atoms with Crippen molar-refractivity contribution in [2.45, 2.75) is 6.92 Å². The maximum Gasteiger partial charge on any atom is 0.311 e. The summed E-state index contributed by atoms with van der Waals surface area (Å²) in [6.45, 7) is 1.33. The second-order valence-corrected chi connectivity index (χ2v) is 5.24. The summed E-state index contributed by atoms with van der Waals surface area (Å²) < 4.78 is 5.19. The van der Waals surface area contributed by atoms with Crippen molar-refractivity contribution in [1.29, 1.82) is 0 Å². The van der Waals surface area contributed by atoms with Crippen LogP contribution in [0.1, 0.15) is 11.1 Å². The van der Waals surface area contributed by atoms with Crippen LogP contribution in [-0.2, 0) is 4.79 Å². The van der Waals surface area contributed by atoms with Gasteiger partial charge in [0, 0.05) is 16.7 Å². The first-order valence-corrected chi connectivity index (χ1v) is 7.29. The van der Waals surface area contributed by atoms with Crippen molar-refractivity contribution >= 4 is 29.4 Å². The minimum Gasteiger partial charge on any atom is -0.477 e. The molecular formula is C16H14ClN3O4. The van der Waals surface area contributed by atoms with Gasteiger partial charge in [-0.1, -0.05) is 35.9 Å². The lowest BCUT2D eigenvalue weighted by molar-refractivity contribution is -0.385. The SMILES string of the molecule is Cc1ccc(OCC(=O)N/N=C/c2ccccc2Cl)c([N+](=O)[O-])c1. The summed E-state index contributed by atoms with van der Waals surface area (Å²) in [5, 5.41) is 15.2. The highest BCUT2D eigenvalue weighted by atomic mass is 35.5. The third kappa shape index (κ3) is 4.79. The minimum absolute atomic E-state index is 0.0239. The molecule has 0 bridgehead atoms. The maximum absolute atomic E-state index is 11.7. The number of ether oxygens (including phenoxy) is 1. The van der Waals surface area contributed by atoms with Crippen molar-refractivity contribution in [2.75, 3.05) is 6.61 Å². The van der Waals surface area contributed by atoms with Gasteiger partial charge in [0.15, 0.2) is 12.4 Å².